The van der Waals surface area contributed by atoms with Gasteiger partial charge in [-0.15, -0.1) is 0 Å². The van der Waals surface area contributed by atoms with Crippen LogP contribution in [0.5, 0.6) is 5.75 Å². The molecule has 3 nitrogen and oxygen atoms in total. The first-order chi connectivity index (χ1) is 9.13. The van der Waals surface area contributed by atoms with Gasteiger partial charge in [0.1, 0.15) is 23.4 Å². The highest BCUT2D eigenvalue weighted by Crippen LogP contribution is 2.31. The number of furan rings is 1. The molecule has 3 heteroatoms. The van der Waals surface area contributed by atoms with E-state index in [0.717, 1.165) is 41.2 Å². The first kappa shape index (κ1) is 12.3. The molecule has 2 aromatic rings. The molecule has 0 amide bonds. The fourth-order valence-corrected chi connectivity index (χ4v) is 2.24. The van der Waals surface area contributed by atoms with Crippen molar-refractivity contribution in [3.05, 3.63) is 53.0 Å². The molecule has 1 aromatic heterocycles. The van der Waals surface area contributed by atoms with Gasteiger partial charge < -0.3 is 14.3 Å². The van der Waals surface area contributed by atoms with E-state index in [4.69, 9.17) is 9.15 Å². The molecule has 1 aromatic carbocycles. The number of rotatable bonds is 4. The Morgan fingerprint density at radius 2 is 2.05 bits per heavy atom. The predicted molar refractivity (Wildman–Crippen MR) is 72.3 cm³/mol. The number of aliphatic hydroxyl groups excluding tert-OH is 1. The number of hydrogen-bond donors (Lipinski definition) is 1. The maximum atomic E-state index is 10.4. The summed E-state index contributed by atoms with van der Waals surface area (Å²) in [5.74, 6) is 2.41. The number of hydrogen-bond acceptors (Lipinski definition) is 3. The van der Waals surface area contributed by atoms with Gasteiger partial charge in [-0.05, 0) is 50.5 Å². The molecule has 1 N–H and O–H groups in total. The Morgan fingerprint density at radius 3 is 2.68 bits per heavy atom. The maximum Gasteiger partial charge on any atom is 0.120 e. The van der Waals surface area contributed by atoms with Crippen LogP contribution >= 0.6 is 0 Å². The van der Waals surface area contributed by atoms with Gasteiger partial charge in [-0.1, -0.05) is 12.1 Å². The molecule has 1 atom stereocenters. The monoisotopic (exact) mass is 258 g/mol. The predicted octanol–water partition coefficient (Wildman–Crippen LogP) is 3.52. The van der Waals surface area contributed by atoms with Crippen molar-refractivity contribution in [3.8, 4) is 5.75 Å². The first-order valence-electron chi connectivity index (χ1n) is 6.65. The number of aliphatic hydroxyl groups is 1. The molecule has 0 radical (unpaired) electrons. The van der Waals surface area contributed by atoms with E-state index in [1.807, 2.05) is 44.2 Å². The van der Waals surface area contributed by atoms with Crippen molar-refractivity contribution in [1.82, 2.24) is 0 Å². The van der Waals surface area contributed by atoms with Gasteiger partial charge in [-0.25, -0.2) is 0 Å². The van der Waals surface area contributed by atoms with Crippen LogP contribution in [0.1, 0.15) is 41.6 Å². The summed E-state index contributed by atoms with van der Waals surface area (Å²) >= 11 is 0. The lowest BCUT2D eigenvalue weighted by molar-refractivity contribution is 0.216. The molecule has 1 unspecified atom stereocenters. The van der Waals surface area contributed by atoms with Gasteiger partial charge in [-0.2, -0.15) is 0 Å². The Labute approximate surface area is 112 Å². The summed E-state index contributed by atoms with van der Waals surface area (Å²) in [7, 11) is 0. The van der Waals surface area contributed by atoms with E-state index < -0.39 is 6.10 Å². The molecule has 1 aliphatic carbocycles. The van der Waals surface area contributed by atoms with Crippen LogP contribution in [0.3, 0.4) is 0 Å². The largest absolute Gasteiger partial charge is 0.490 e. The molecular weight excluding hydrogens is 240 g/mol. The van der Waals surface area contributed by atoms with Gasteiger partial charge in [0.25, 0.3) is 0 Å². The van der Waals surface area contributed by atoms with Gasteiger partial charge in [0.2, 0.25) is 0 Å². The van der Waals surface area contributed by atoms with E-state index in [-0.39, 0.29) is 0 Å². The molecule has 1 aliphatic rings. The highest BCUT2D eigenvalue weighted by Gasteiger charge is 2.24. The van der Waals surface area contributed by atoms with Crippen molar-refractivity contribution in [2.45, 2.75) is 38.9 Å². The lowest BCUT2D eigenvalue weighted by atomic mass is 10.0. The summed E-state index contributed by atoms with van der Waals surface area (Å²) in [6, 6.07) is 9.55. The van der Waals surface area contributed by atoms with E-state index in [1.165, 1.54) is 0 Å². The zero-order valence-electron chi connectivity index (χ0n) is 11.2. The minimum absolute atomic E-state index is 0.366. The van der Waals surface area contributed by atoms with E-state index in [1.54, 1.807) is 0 Å². The van der Waals surface area contributed by atoms with Crippen LogP contribution < -0.4 is 4.74 Å². The Bertz CT molecular complexity index is 581. The molecule has 0 spiro atoms. The van der Waals surface area contributed by atoms with E-state index in [0.29, 0.717) is 6.10 Å². The maximum absolute atomic E-state index is 10.4. The minimum atomic E-state index is -0.666. The Kier molecular flexibility index (Phi) is 3.07. The second kappa shape index (κ2) is 4.74. The third-order valence-electron chi connectivity index (χ3n) is 3.37. The SMILES string of the molecule is Cc1cc(C(O)c2cccc(OC3CC3)c2)c(C)o1. The van der Waals surface area contributed by atoms with Gasteiger partial charge in [0, 0.05) is 5.56 Å². The van der Waals surface area contributed by atoms with Gasteiger partial charge >= 0.3 is 0 Å². The van der Waals surface area contributed by atoms with Crippen molar-refractivity contribution < 1.29 is 14.3 Å². The molecule has 0 aliphatic heterocycles. The van der Waals surface area contributed by atoms with Gasteiger partial charge in [-0.3, -0.25) is 0 Å². The summed E-state index contributed by atoms with van der Waals surface area (Å²) in [6.07, 6.45) is 1.96. The molecule has 1 saturated carbocycles. The third-order valence-corrected chi connectivity index (χ3v) is 3.37. The lowest BCUT2D eigenvalue weighted by Crippen LogP contribution is -2.01. The van der Waals surface area contributed by atoms with Crippen LogP contribution in [-0.2, 0) is 0 Å². The molecule has 100 valence electrons. The first-order valence-corrected chi connectivity index (χ1v) is 6.65. The quantitative estimate of drug-likeness (QED) is 0.912. The number of ether oxygens (including phenoxy) is 1. The number of benzene rings is 1. The highest BCUT2D eigenvalue weighted by atomic mass is 16.5. The van der Waals surface area contributed by atoms with Crippen molar-refractivity contribution in [3.63, 3.8) is 0 Å². The summed E-state index contributed by atoms with van der Waals surface area (Å²) < 4.78 is 11.2. The van der Waals surface area contributed by atoms with Crippen molar-refractivity contribution in [1.29, 1.82) is 0 Å². The van der Waals surface area contributed by atoms with Gasteiger partial charge in [0.15, 0.2) is 0 Å². The average molecular weight is 258 g/mol. The summed E-state index contributed by atoms with van der Waals surface area (Å²) in [4.78, 5) is 0. The lowest BCUT2D eigenvalue weighted by Gasteiger charge is -2.12. The molecular formula is C16H18O3. The molecule has 0 saturated heterocycles. The normalized spacial score (nSPS) is 16.4. The standard InChI is InChI=1S/C16H18O3/c1-10-8-15(11(2)18-10)16(17)12-4-3-5-14(9-12)19-13-6-7-13/h3-5,8-9,13,16-17H,6-7H2,1-2H3. The molecule has 0 bridgehead atoms. The Balaban J connectivity index is 1.85. The van der Waals surface area contributed by atoms with E-state index in [2.05, 4.69) is 0 Å². The Hall–Kier alpha value is -1.74. The summed E-state index contributed by atoms with van der Waals surface area (Å²) in [5.41, 5.74) is 1.66. The fraction of sp³-hybridized carbons (Fsp3) is 0.375. The summed E-state index contributed by atoms with van der Waals surface area (Å²) in [5, 5.41) is 10.4. The van der Waals surface area contributed by atoms with E-state index >= 15 is 0 Å². The van der Waals surface area contributed by atoms with Crippen LogP contribution in [0.15, 0.2) is 34.7 Å². The van der Waals surface area contributed by atoms with Crippen LogP contribution in [0.4, 0.5) is 0 Å². The second-order valence-electron chi connectivity index (χ2n) is 5.16. The second-order valence-corrected chi connectivity index (χ2v) is 5.16. The van der Waals surface area contributed by atoms with Crippen LogP contribution in [0.2, 0.25) is 0 Å². The molecule has 3 rings (SSSR count). The van der Waals surface area contributed by atoms with E-state index in [9.17, 15) is 5.11 Å². The van der Waals surface area contributed by atoms with Crippen molar-refractivity contribution >= 4 is 0 Å². The Morgan fingerprint density at radius 1 is 1.26 bits per heavy atom. The molecule has 1 fully saturated rings. The minimum Gasteiger partial charge on any atom is -0.490 e. The van der Waals surface area contributed by atoms with Crippen LogP contribution in [0.25, 0.3) is 0 Å². The zero-order valence-corrected chi connectivity index (χ0v) is 11.2. The van der Waals surface area contributed by atoms with Crippen LogP contribution in [0, 0.1) is 13.8 Å². The smallest absolute Gasteiger partial charge is 0.120 e. The molecule has 19 heavy (non-hydrogen) atoms. The zero-order chi connectivity index (χ0) is 13.4. The fourth-order valence-electron chi connectivity index (χ4n) is 2.24. The molecule has 1 heterocycles. The van der Waals surface area contributed by atoms with Gasteiger partial charge in [0.05, 0.1) is 6.10 Å². The van der Waals surface area contributed by atoms with Crippen molar-refractivity contribution in [2.24, 2.45) is 0 Å². The topological polar surface area (TPSA) is 42.6 Å². The van der Waals surface area contributed by atoms with Crippen LogP contribution in [-0.4, -0.2) is 11.2 Å². The third kappa shape index (κ3) is 2.66. The van der Waals surface area contributed by atoms with Crippen molar-refractivity contribution in [2.75, 3.05) is 0 Å². The number of aryl methyl sites for hydroxylation is 2. The average Bonchev–Trinajstić information content (AvgIpc) is 3.13. The summed E-state index contributed by atoms with van der Waals surface area (Å²) in [6.45, 7) is 3.76. The highest BCUT2D eigenvalue weighted by molar-refractivity contribution is 5.37.